The highest BCUT2D eigenvalue weighted by molar-refractivity contribution is 5.28. The van der Waals surface area contributed by atoms with E-state index < -0.39 is 0 Å². The van der Waals surface area contributed by atoms with Crippen LogP contribution in [0.5, 0.6) is 0 Å². The topological polar surface area (TPSA) is 52.0 Å². The summed E-state index contributed by atoms with van der Waals surface area (Å²) < 4.78 is 0. The number of hydrogen-bond acceptors (Lipinski definition) is 2. The molecule has 0 heterocycles. The summed E-state index contributed by atoms with van der Waals surface area (Å²) in [4.78, 5) is 0. The van der Waals surface area contributed by atoms with Crippen LogP contribution in [0.3, 0.4) is 0 Å². The maximum atomic E-state index is 6.07. The van der Waals surface area contributed by atoms with Crippen LogP contribution in [0.25, 0.3) is 0 Å². The summed E-state index contributed by atoms with van der Waals surface area (Å²) in [6, 6.07) is 8.30. The molecule has 84 valence electrons. The molecule has 1 aromatic carbocycles. The molecule has 0 aliphatic carbocycles. The predicted octanol–water partition coefficient (Wildman–Crippen LogP) is 2.55. The van der Waals surface area contributed by atoms with Gasteiger partial charge in [0.15, 0.2) is 0 Å². The van der Waals surface area contributed by atoms with Crippen molar-refractivity contribution in [2.45, 2.75) is 45.2 Å². The van der Waals surface area contributed by atoms with Gasteiger partial charge in [-0.15, -0.1) is 0 Å². The molecule has 0 aromatic heterocycles. The first-order chi connectivity index (χ1) is 6.82. The third kappa shape index (κ3) is 3.05. The van der Waals surface area contributed by atoms with Gasteiger partial charge in [-0.2, -0.15) is 0 Å². The van der Waals surface area contributed by atoms with Crippen molar-refractivity contribution in [2.75, 3.05) is 0 Å². The zero-order valence-corrected chi connectivity index (χ0v) is 10.1. The second-order valence-corrected chi connectivity index (χ2v) is 5.12. The van der Waals surface area contributed by atoms with Crippen LogP contribution in [0, 0.1) is 0 Å². The van der Waals surface area contributed by atoms with E-state index in [1.165, 1.54) is 5.56 Å². The zero-order chi connectivity index (χ0) is 11.6. The van der Waals surface area contributed by atoms with Crippen molar-refractivity contribution < 1.29 is 0 Å². The molecule has 2 heteroatoms. The molecule has 0 saturated heterocycles. The lowest BCUT2D eigenvalue weighted by molar-refractivity contribution is 0.420. The van der Waals surface area contributed by atoms with Crippen LogP contribution < -0.4 is 11.5 Å². The van der Waals surface area contributed by atoms with Crippen LogP contribution in [0.15, 0.2) is 24.3 Å². The Bertz CT molecular complexity index is 306. The summed E-state index contributed by atoms with van der Waals surface area (Å²) in [7, 11) is 0. The molecular formula is C13H22N2. The van der Waals surface area contributed by atoms with Gasteiger partial charge in [0, 0.05) is 11.6 Å². The average molecular weight is 206 g/mol. The maximum absolute atomic E-state index is 6.07. The van der Waals surface area contributed by atoms with Gasteiger partial charge in [-0.3, -0.25) is 0 Å². The van der Waals surface area contributed by atoms with Crippen LogP contribution >= 0.6 is 0 Å². The Hall–Kier alpha value is -0.860. The Kier molecular flexibility index (Phi) is 3.53. The van der Waals surface area contributed by atoms with Gasteiger partial charge in [-0.1, -0.05) is 38.1 Å². The van der Waals surface area contributed by atoms with E-state index in [1.807, 2.05) is 13.8 Å². The van der Waals surface area contributed by atoms with Gasteiger partial charge >= 0.3 is 0 Å². The molecule has 2 nitrogen and oxygen atoms in total. The van der Waals surface area contributed by atoms with Crippen molar-refractivity contribution in [2.24, 2.45) is 11.5 Å². The van der Waals surface area contributed by atoms with Crippen molar-refractivity contribution in [3.63, 3.8) is 0 Å². The number of hydrogen-bond donors (Lipinski definition) is 2. The minimum absolute atomic E-state index is 0.112. The molecule has 15 heavy (non-hydrogen) atoms. The molecule has 0 bridgehead atoms. The fourth-order valence-electron chi connectivity index (χ4n) is 1.52. The molecule has 4 N–H and O–H groups in total. The Labute approximate surface area is 92.7 Å². The Morgan fingerprint density at radius 1 is 1.00 bits per heavy atom. The van der Waals surface area contributed by atoms with Gasteiger partial charge in [0.25, 0.3) is 0 Å². The molecule has 0 aliphatic heterocycles. The Morgan fingerprint density at radius 2 is 1.40 bits per heavy atom. The second kappa shape index (κ2) is 4.33. The van der Waals surface area contributed by atoms with Gasteiger partial charge in [0.1, 0.15) is 0 Å². The first kappa shape index (κ1) is 12.2. The Balaban J connectivity index is 2.89. The molecule has 1 atom stereocenters. The zero-order valence-electron chi connectivity index (χ0n) is 10.1. The lowest BCUT2D eigenvalue weighted by Crippen LogP contribution is -2.43. The van der Waals surface area contributed by atoms with E-state index in [2.05, 4.69) is 38.1 Å². The van der Waals surface area contributed by atoms with Crippen molar-refractivity contribution in [3.05, 3.63) is 35.4 Å². The number of rotatable bonds is 3. The van der Waals surface area contributed by atoms with Crippen LogP contribution in [-0.4, -0.2) is 5.54 Å². The van der Waals surface area contributed by atoms with E-state index in [0.29, 0.717) is 5.92 Å². The summed E-state index contributed by atoms with van der Waals surface area (Å²) in [5.74, 6) is 0.557. The summed E-state index contributed by atoms with van der Waals surface area (Å²) >= 11 is 0. The highest BCUT2D eigenvalue weighted by Gasteiger charge is 2.22. The average Bonchev–Trinajstić information content (AvgIpc) is 2.15. The molecule has 0 aliphatic rings. The Morgan fingerprint density at radius 3 is 1.73 bits per heavy atom. The quantitative estimate of drug-likeness (QED) is 0.798. The highest BCUT2D eigenvalue weighted by Crippen LogP contribution is 2.23. The van der Waals surface area contributed by atoms with Crippen LogP contribution in [0.2, 0.25) is 0 Å². The third-order valence-electron chi connectivity index (χ3n) is 2.76. The molecule has 0 saturated carbocycles. The van der Waals surface area contributed by atoms with Crippen molar-refractivity contribution in [3.8, 4) is 0 Å². The second-order valence-electron chi connectivity index (χ2n) is 5.12. The lowest BCUT2D eigenvalue weighted by Gasteiger charge is -2.27. The minimum Gasteiger partial charge on any atom is -0.324 e. The number of benzene rings is 1. The first-order valence-electron chi connectivity index (χ1n) is 5.46. The third-order valence-corrected chi connectivity index (χ3v) is 2.76. The highest BCUT2D eigenvalue weighted by atomic mass is 14.8. The first-order valence-corrected chi connectivity index (χ1v) is 5.46. The van der Waals surface area contributed by atoms with Crippen molar-refractivity contribution in [1.29, 1.82) is 0 Å². The molecule has 1 rings (SSSR count). The van der Waals surface area contributed by atoms with Gasteiger partial charge in [0.05, 0.1) is 0 Å². The fraction of sp³-hybridized carbons (Fsp3) is 0.538. The summed E-state index contributed by atoms with van der Waals surface area (Å²) in [6.45, 7) is 8.27. The van der Waals surface area contributed by atoms with Gasteiger partial charge < -0.3 is 11.5 Å². The molecule has 0 spiro atoms. The van der Waals surface area contributed by atoms with Gasteiger partial charge in [-0.25, -0.2) is 0 Å². The van der Waals surface area contributed by atoms with Gasteiger partial charge in [-0.05, 0) is 30.9 Å². The van der Waals surface area contributed by atoms with E-state index in [0.717, 1.165) is 5.56 Å². The summed E-state index contributed by atoms with van der Waals surface area (Å²) in [5.41, 5.74) is 14.1. The van der Waals surface area contributed by atoms with E-state index in [1.54, 1.807) is 0 Å². The van der Waals surface area contributed by atoms with Crippen molar-refractivity contribution in [1.82, 2.24) is 0 Å². The van der Waals surface area contributed by atoms with E-state index in [9.17, 15) is 0 Å². The standard InChI is InChI=1S/C13H22N2/c1-9(2)10-5-7-11(8-6-10)12(14)13(3,4)15/h5-9,12H,14-15H2,1-4H3. The number of nitrogens with two attached hydrogens (primary N) is 2. The van der Waals surface area contributed by atoms with Crippen LogP contribution in [-0.2, 0) is 0 Å². The van der Waals surface area contributed by atoms with Crippen LogP contribution in [0.4, 0.5) is 0 Å². The van der Waals surface area contributed by atoms with Crippen molar-refractivity contribution >= 4 is 0 Å². The molecule has 0 radical (unpaired) electrons. The van der Waals surface area contributed by atoms with E-state index in [4.69, 9.17) is 11.5 Å². The maximum Gasteiger partial charge on any atom is 0.0472 e. The summed E-state index contributed by atoms with van der Waals surface area (Å²) in [6.07, 6.45) is 0. The molecule has 0 amide bonds. The molecule has 1 unspecified atom stereocenters. The summed E-state index contributed by atoms with van der Waals surface area (Å²) in [5, 5.41) is 0. The normalized spacial score (nSPS) is 14.3. The fourth-order valence-corrected chi connectivity index (χ4v) is 1.52. The lowest BCUT2D eigenvalue weighted by atomic mass is 9.89. The monoisotopic (exact) mass is 206 g/mol. The molecule has 0 fully saturated rings. The molecule has 1 aromatic rings. The smallest absolute Gasteiger partial charge is 0.0472 e. The minimum atomic E-state index is -0.376. The van der Waals surface area contributed by atoms with Gasteiger partial charge in [0.2, 0.25) is 0 Å². The van der Waals surface area contributed by atoms with E-state index >= 15 is 0 Å². The SMILES string of the molecule is CC(C)c1ccc(C(N)C(C)(C)N)cc1. The predicted molar refractivity (Wildman–Crippen MR) is 65.7 cm³/mol. The largest absolute Gasteiger partial charge is 0.324 e. The van der Waals surface area contributed by atoms with E-state index in [-0.39, 0.29) is 11.6 Å². The molecular weight excluding hydrogens is 184 g/mol. The van der Waals surface area contributed by atoms with Crippen LogP contribution in [0.1, 0.15) is 50.8 Å².